The van der Waals surface area contributed by atoms with Gasteiger partial charge in [-0.05, 0) is 59.6 Å². The van der Waals surface area contributed by atoms with Crippen LogP contribution in [0.25, 0.3) is 0 Å². The number of aryl methyl sites for hydroxylation is 1. The summed E-state index contributed by atoms with van der Waals surface area (Å²) in [7, 11) is 0. The van der Waals surface area contributed by atoms with E-state index in [1.807, 2.05) is 36.4 Å². The van der Waals surface area contributed by atoms with Crippen LogP contribution >= 0.6 is 23.2 Å². The average Bonchev–Trinajstić information content (AvgIpc) is 2.96. The van der Waals surface area contributed by atoms with E-state index in [4.69, 9.17) is 23.2 Å². The molecule has 2 amide bonds. The maximum atomic E-state index is 14.0. The summed E-state index contributed by atoms with van der Waals surface area (Å²) in [4.78, 5) is 29.6. The van der Waals surface area contributed by atoms with Gasteiger partial charge >= 0.3 is 0 Å². The number of nitrogens with one attached hydrogen (secondary N) is 1. The predicted octanol–water partition coefficient (Wildman–Crippen LogP) is 8.14. The fraction of sp³-hybridized carbons (Fsp3) is 0.412. The summed E-state index contributed by atoms with van der Waals surface area (Å²) in [5.41, 5.74) is 4.16. The third kappa shape index (κ3) is 8.59. The molecular formula is C34H40Cl2N2O2. The third-order valence-electron chi connectivity index (χ3n) is 7.85. The Labute approximate surface area is 249 Å². The number of nitrogens with zero attached hydrogens (tertiary/aromatic N) is 1. The van der Waals surface area contributed by atoms with E-state index in [0.29, 0.717) is 35.2 Å². The molecule has 0 aromatic heterocycles. The molecule has 3 aromatic carbocycles. The van der Waals surface area contributed by atoms with Crippen molar-refractivity contribution in [3.05, 3.63) is 105 Å². The number of amides is 2. The van der Waals surface area contributed by atoms with Crippen molar-refractivity contribution in [2.75, 3.05) is 0 Å². The van der Waals surface area contributed by atoms with Crippen LogP contribution < -0.4 is 5.32 Å². The Morgan fingerprint density at radius 3 is 2.25 bits per heavy atom. The summed E-state index contributed by atoms with van der Waals surface area (Å²) < 4.78 is 0. The molecule has 40 heavy (non-hydrogen) atoms. The normalized spacial score (nSPS) is 14.6. The number of benzene rings is 3. The Morgan fingerprint density at radius 1 is 0.900 bits per heavy atom. The zero-order valence-electron chi connectivity index (χ0n) is 23.5. The molecule has 3 aromatic rings. The number of carbonyl (C=O) groups is 2. The third-order valence-corrected chi connectivity index (χ3v) is 8.44. The highest BCUT2D eigenvalue weighted by molar-refractivity contribution is 6.35. The summed E-state index contributed by atoms with van der Waals surface area (Å²) in [5.74, 6) is 0.283. The summed E-state index contributed by atoms with van der Waals surface area (Å²) in [6.07, 6.45) is 6.73. The van der Waals surface area contributed by atoms with Crippen LogP contribution in [-0.2, 0) is 29.0 Å². The maximum Gasteiger partial charge on any atom is 0.243 e. The molecule has 1 fully saturated rings. The molecular weight excluding hydrogens is 539 g/mol. The van der Waals surface area contributed by atoms with Gasteiger partial charge in [-0.25, -0.2) is 0 Å². The monoisotopic (exact) mass is 578 g/mol. The quantitative estimate of drug-likeness (QED) is 0.249. The van der Waals surface area contributed by atoms with Crippen molar-refractivity contribution in [3.63, 3.8) is 0 Å². The van der Waals surface area contributed by atoms with E-state index in [-0.39, 0.29) is 24.4 Å². The molecule has 1 aliphatic carbocycles. The van der Waals surface area contributed by atoms with Crippen LogP contribution in [0.1, 0.15) is 80.5 Å². The van der Waals surface area contributed by atoms with E-state index in [0.717, 1.165) is 42.4 Å². The molecule has 0 aliphatic heterocycles. The second-order valence-corrected chi connectivity index (χ2v) is 12.0. The largest absolute Gasteiger partial charge is 0.352 e. The van der Waals surface area contributed by atoms with Gasteiger partial charge in [-0.2, -0.15) is 0 Å². The van der Waals surface area contributed by atoms with E-state index in [1.165, 1.54) is 12.0 Å². The SMILES string of the molecule is CC(C)c1ccc(CCC(=O)N(Cc2ccc(Cl)cc2Cl)C(Cc2ccccc2)C(=O)NC2CCCCC2)cc1. The first-order chi connectivity index (χ1) is 19.3. The fourth-order valence-corrected chi connectivity index (χ4v) is 5.86. The van der Waals surface area contributed by atoms with Crippen LogP contribution in [-0.4, -0.2) is 28.8 Å². The Morgan fingerprint density at radius 2 is 1.60 bits per heavy atom. The van der Waals surface area contributed by atoms with Crippen LogP contribution in [0.3, 0.4) is 0 Å². The van der Waals surface area contributed by atoms with E-state index in [9.17, 15) is 9.59 Å². The van der Waals surface area contributed by atoms with Gasteiger partial charge in [0, 0.05) is 35.5 Å². The number of hydrogen-bond acceptors (Lipinski definition) is 2. The van der Waals surface area contributed by atoms with E-state index in [2.05, 4.69) is 43.4 Å². The lowest BCUT2D eigenvalue weighted by molar-refractivity contribution is -0.141. The lowest BCUT2D eigenvalue weighted by atomic mass is 9.94. The molecule has 4 rings (SSSR count). The Kier molecular flexibility index (Phi) is 11.1. The van der Waals surface area contributed by atoms with Gasteiger partial charge in [-0.1, -0.05) is 117 Å². The van der Waals surface area contributed by atoms with Crippen molar-refractivity contribution in [1.29, 1.82) is 0 Å². The molecule has 0 spiro atoms. The number of rotatable bonds is 11. The van der Waals surface area contributed by atoms with Gasteiger partial charge in [-0.3, -0.25) is 9.59 Å². The number of carbonyl (C=O) groups excluding carboxylic acids is 2. The number of halogens is 2. The molecule has 0 heterocycles. The second-order valence-electron chi connectivity index (χ2n) is 11.2. The highest BCUT2D eigenvalue weighted by Crippen LogP contribution is 2.25. The Balaban J connectivity index is 1.61. The first-order valence-electron chi connectivity index (χ1n) is 14.5. The summed E-state index contributed by atoms with van der Waals surface area (Å²) in [5, 5.41) is 4.31. The highest BCUT2D eigenvalue weighted by Gasteiger charge is 2.32. The highest BCUT2D eigenvalue weighted by atomic mass is 35.5. The maximum absolute atomic E-state index is 14.0. The van der Waals surface area contributed by atoms with Crippen LogP contribution in [0.2, 0.25) is 10.0 Å². The molecule has 0 bridgehead atoms. The average molecular weight is 580 g/mol. The van der Waals surface area contributed by atoms with Crippen LogP contribution in [0.4, 0.5) is 0 Å². The van der Waals surface area contributed by atoms with Gasteiger partial charge in [-0.15, -0.1) is 0 Å². The molecule has 0 saturated heterocycles. The lowest BCUT2D eigenvalue weighted by Crippen LogP contribution is -2.53. The Hall–Kier alpha value is -2.82. The first-order valence-corrected chi connectivity index (χ1v) is 15.2. The van der Waals surface area contributed by atoms with Gasteiger partial charge < -0.3 is 10.2 Å². The van der Waals surface area contributed by atoms with Gasteiger partial charge in [0.25, 0.3) is 0 Å². The minimum atomic E-state index is -0.660. The van der Waals surface area contributed by atoms with Gasteiger partial charge in [0.15, 0.2) is 0 Å². The van der Waals surface area contributed by atoms with E-state index < -0.39 is 6.04 Å². The van der Waals surface area contributed by atoms with Gasteiger partial charge in [0.05, 0.1) is 0 Å². The molecule has 1 atom stereocenters. The van der Waals surface area contributed by atoms with Gasteiger partial charge in [0.1, 0.15) is 6.04 Å². The molecule has 212 valence electrons. The molecule has 1 aliphatic rings. The predicted molar refractivity (Wildman–Crippen MR) is 165 cm³/mol. The lowest BCUT2D eigenvalue weighted by Gasteiger charge is -2.34. The molecule has 1 unspecified atom stereocenters. The standard InChI is InChI=1S/C34H40Cl2N2O2/c1-24(2)27-16-13-25(14-17-27)15-20-33(39)38(23-28-18-19-29(35)22-31(28)36)32(21-26-9-5-3-6-10-26)34(40)37-30-11-7-4-8-12-30/h3,5-6,9-10,13-14,16-19,22,24,30,32H,4,7-8,11-12,15,20-21,23H2,1-2H3,(H,37,40). The topological polar surface area (TPSA) is 49.4 Å². The minimum absolute atomic E-state index is 0.0707. The molecule has 1 N–H and O–H groups in total. The Bertz CT molecular complexity index is 1250. The number of hydrogen-bond donors (Lipinski definition) is 1. The van der Waals surface area contributed by atoms with Crippen molar-refractivity contribution in [2.45, 2.75) is 89.8 Å². The minimum Gasteiger partial charge on any atom is -0.352 e. The zero-order valence-corrected chi connectivity index (χ0v) is 25.1. The van der Waals surface area contributed by atoms with Gasteiger partial charge in [0.2, 0.25) is 11.8 Å². The van der Waals surface area contributed by atoms with Crippen molar-refractivity contribution < 1.29 is 9.59 Å². The van der Waals surface area contributed by atoms with Crippen LogP contribution in [0.15, 0.2) is 72.8 Å². The molecule has 1 saturated carbocycles. The van der Waals surface area contributed by atoms with Crippen LogP contribution in [0.5, 0.6) is 0 Å². The van der Waals surface area contributed by atoms with Crippen molar-refractivity contribution >= 4 is 35.0 Å². The van der Waals surface area contributed by atoms with E-state index >= 15 is 0 Å². The molecule has 0 radical (unpaired) electrons. The zero-order chi connectivity index (χ0) is 28.5. The van der Waals surface area contributed by atoms with Crippen molar-refractivity contribution in [1.82, 2.24) is 10.2 Å². The molecule has 4 nitrogen and oxygen atoms in total. The van der Waals surface area contributed by atoms with Crippen molar-refractivity contribution in [3.8, 4) is 0 Å². The second kappa shape index (κ2) is 14.7. The van der Waals surface area contributed by atoms with Crippen LogP contribution in [0, 0.1) is 0 Å². The van der Waals surface area contributed by atoms with E-state index in [1.54, 1.807) is 17.0 Å². The fourth-order valence-electron chi connectivity index (χ4n) is 5.40. The first kappa shape index (κ1) is 30.1. The van der Waals surface area contributed by atoms with Crippen molar-refractivity contribution in [2.24, 2.45) is 0 Å². The molecule has 6 heteroatoms. The summed E-state index contributed by atoms with van der Waals surface area (Å²) >= 11 is 12.7. The summed E-state index contributed by atoms with van der Waals surface area (Å²) in [6, 6.07) is 23.2. The summed E-state index contributed by atoms with van der Waals surface area (Å²) in [6.45, 7) is 4.57. The smallest absolute Gasteiger partial charge is 0.243 e.